The Labute approximate surface area is 135 Å². The maximum atomic E-state index is 12.8. The predicted octanol–water partition coefficient (Wildman–Crippen LogP) is 3.04. The van der Waals surface area contributed by atoms with Crippen LogP contribution in [0.5, 0.6) is 0 Å². The van der Waals surface area contributed by atoms with Gasteiger partial charge < -0.3 is 10.1 Å². The standard InChI is InChI=1S/C17H12BrNO3/c18-12-5-6-13(19-7-9-8-22-9)15-14(12)16(20)10-3-1-2-4-11(10)17(15)21/h1-6,9,19H,7-8H2. The Hall–Kier alpha value is -1.98. The third-order valence-electron chi connectivity index (χ3n) is 3.95. The van der Waals surface area contributed by atoms with Crippen LogP contribution < -0.4 is 5.32 Å². The molecular weight excluding hydrogens is 346 g/mol. The molecule has 1 aliphatic heterocycles. The summed E-state index contributed by atoms with van der Waals surface area (Å²) >= 11 is 3.40. The number of nitrogens with one attached hydrogen (secondary N) is 1. The number of halogens is 1. The zero-order chi connectivity index (χ0) is 15.3. The van der Waals surface area contributed by atoms with Gasteiger partial charge in [0.15, 0.2) is 11.6 Å². The van der Waals surface area contributed by atoms with Gasteiger partial charge in [-0.15, -0.1) is 0 Å². The van der Waals surface area contributed by atoms with Crippen molar-refractivity contribution in [3.8, 4) is 0 Å². The normalized spacial score (nSPS) is 18.7. The van der Waals surface area contributed by atoms with Crippen LogP contribution in [0.3, 0.4) is 0 Å². The molecule has 5 heteroatoms. The van der Waals surface area contributed by atoms with E-state index in [4.69, 9.17) is 4.74 Å². The minimum atomic E-state index is -0.122. The lowest BCUT2D eigenvalue weighted by Gasteiger charge is -2.21. The molecule has 0 radical (unpaired) electrons. The van der Waals surface area contributed by atoms with Crippen LogP contribution in [0.1, 0.15) is 31.8 Å². The Morgan fingerprint density at radius 3 is 2.32 bits per heavy atom. The summed E-state index contributed by atoms with van der Waals surface area (Å²) in [5.41, 5.74) is 2.48. The minimum absolute atomic E-state index is 0.120. The van der Waals surface area contributed by atoms with Gasteiger partial charge in [-0.1, -0.05) is 40.2 Å². The molecule has 0 amide bonds. The molecular formula is C17H12BrNO3. The van der Waals surface area contributed by atoms with Gasteiger partial charge in [0.1, 0.15) is 0 Å². The molecule has 1 heterocycles. The Morgan fingerprint density at radius 2 is 1.68 bits per heavy atom. The fourth-order valence-corrected chi connectivity index (χ4v) is 3.25. The highest BCUT2D eigenvalue weighted by atomic mass is 79.9. The van der Waals surface area contributed by atoms with Crippen molar-refractivity contribution in [2.24, 2.45) is 0 Å². The topological polar surface area (TPSA) is 58.7 Å². The van der Waals surface area contributed by atoms with Crippen LogP contribution in [0.15, 0.2) is 40.9 Å². The van der Waals surface area contributed by atoms with E-state index < -0.39 is 0 Å². The molecule has 1 N–H and O–H groups in total. The maximum absolute atomic E-state index is 12.8. The van der Waals surface area contributed by atoms with Crippen molar-refractivity contribution in [3.63, 3.8) is 0 Å². The van der Waals surface area contributed by atoms with E-state index in [0.717, 1.165) is 6.61 Å². The number of benzene rings is 2. The highest BCUT2D eigenvalue weighted by Gasteiger charge is 2.33. The molecule has 1 fully saturated rings. The summed E-state index contributed by atoms with van der Waals surface area (Å²) in [4.78, 5) is 25.6. The van der Waals surface area contributed by atoms with Gasteiger partial charge in [0.2, 0.25) is 0 Å². The van der Waals surface area contributed by atoms with E-state index in [1.54, 1.807) is 30.3 Å². The molecule has 1 saturated heterocycles. The zero-order valence-corrected chi connectivity index (χ0v) is 13.1. The summed E-state index contributed by atoms with van der Waals surface area (Å²) in [5.74, 6) is -0.242. The van der Waals surface area contributed by atoms with Gasteiger partial charge in [0, 0.05) is 33.4 Å². The van der Waals surface area contributed by atoms with Gasteiger partial charge in [0.25, 0.3) is 0 Å². The van der Waals surface area contributed by atoms with Crippen molar-refractivity contribution >= 4 is 33.2 Å². The fraction of sp³-hybridized carbons (Fsp3) is 0.176. The van der Waals surface area contributed by atoms with Crippen molar-refractivity contribution < 1.29 is 14.3 Å². The van der Waals surface area contributed by atoms with Crippen LogP contribution in [0, 0.1) is 0 Å². The number of hydrogen-bond acceptors (Lipinski definition) is 4. The van der Waals surface area contributed by atoms with Crippen LogP contribution in [0.25, 0.3) is 0 Å². The molecule has 0 aromatic heterocycles. The number of carbonyl (C=O) groups excluding carboxylic acids is 2. The van der Waals surface area contributed by atoms with Crippen LogP contribution >= 0.6 is 15.9 Å². The van der Waals surface area contributed by atoms with Crippen molar-refractivity contribution in [2.45, 2.75) is 6.10 Å². The number of hydrogen-bond donors (Lipinski definition) is 1. The van der Waals surface area contributed by atoms with Crippen molar-refractivity contribution in [1.29, 1.82) is 0 Å². The third kappa shape index (κ3) is 2.09. The Kier molecular flexibility index (Phi) is 3.13. The number of anilines is 1. The smallest absolute Gasteiger partial charge is 0.196 e. The van der Waals surface area contributed by atoms with Gasteiger partial charge in [0.05, 0.1) is 18.3 Å². The predicted molar refractivity (Wildman–Crippen MR) is 85.7 cm³/mol. The summed E-state index contributed by atoms with van der Waals surface area (Å²) in [5, 5.41) is 3.22. The van der Waals surface area contributed by atoms with Crippen molar-refractivity contribution in [1.82, 2.24) is 0 Å². The maximum Gasteiger partial charge on any atom is 0.196 e. The monoisotopic (exact) mass is 357 g/mol. The summed E-state index contributed by atoms with van der Waals surface area (Å²) in [6, 6.07) is 10.6. The molecule has 4 nitrogen and oxygen atoms in total. The number of ketones is 2. The Balaban J connectivity index is 1.86. The average molecular weight is 358 g/mol. The number of carbonyl (C=O) groups is 2. The zero-order valence-electron chi connectivity index (χ0n) is 11.6. The fourth-order valence-electron chi connectivity index (χ4n) is 2.74. The molecule has 1 atom stereocenters. The summed E-state index contributed by atoms with van der Waals surface area (Å²) < 4.78 is 5.82. The molecule has 22 heavy (non-hydrogen) atoms. The lowest BCUT2D eigenvalue weighted by atomic mass is 9.83. The largest absolute Gasteiger partial charge is 0.382 e. The summed E-state index contributed by atoms with van der Waals surface area (Å²) in [6.07, 6.45) is 0.195. The lowest BCUT2D eigenvalue weighted by Crippen LogP contribution is -2.23. The van der Waals surface area contributed by atoms with Gasteiger partial charge in [-0.05, 0) is 12.1 Å². The van der Waals surface area contributed by atoms with Crippen LogP contribution in [0.2, 0.25) is 0 Å². The average Bonchev–Trinajstić information content (AvgIpc) is 3.35. The summed E-state index contributed by atoms with van der Waals surface area (Å²) in [7, 11) is 0. The second-order valence-electron chi connectivity index (χ2n) is 5.39. The van der Waals surface area contributed by atoms with Crippen LogP contribution in [0.4, 0.5) is 5.69 Å². The highest BCUT2D eigenvalue weighted by molar-refractivity contribution is 9.10. The molecule has 1 unspecified atom stereocenters. The first-order valence-electron chi connectivity index (χ1n) is 7.03. The van der Waals surface area contributed by atoms with E-state index in [9.17, 15) is 9.59 Å². The molecule has 0 spiro atoms. The second kappa shape index (κ2) is 5.04. The molecule has 2 aliphatic rings. The SMILES string of the molecule is O=C1c2ccccc2C(=O)c2c(NCC3CO3)ccc(Br)c21. The molecule has 0 bridgehead atoms. The Bertz CT molecular complexity index is 812. The molecule has 1 aliphatic carbocycles. The van der Waals surface area contributed by atoms with E-state index in [2.05, 4.69) is 21.2 Å². The van der Waals surface area contributed by atoms with Gasteiger partial charge >= 0.3 is 0 Å². The molecule has 2 aromatic rings. The van der Waals surface area contributed by atoms with Crippen molar-refractivity contribution in [2.75, 3.05) is 18.5 Å². The number of epoxide rings is 1. The quantitative estimate of drug-likeness (QED) is 0.732. The van der Waals surface area contributed by atoms with Gasteiger partial charge in [-0.3, -0.25) is 9.59 Å². The van der Waals surface area contributed by atoms with Gasteiger partial charge in [-0.2, -0.15) is 0 Å². The minimum Gasteiger partial charge on any atom is -0.382 e. The van der Waals surface area contributed by atoms with Crippen LogP contribution in [-0.4, -0.2) is 30.8 Å². The van der Waals surface area contributed by atoms with E-state index in [0.29, 0.717) is 39.0 Å². The lowest BCUT2D eigenvalue weighted by molar-refractivity contribution is 0.0979. The van der Waals surface area contributed by atoms with Crippen LogP contribution in [-0.2, 0) is 4.74 Å². The number of fused-ring (bicyclic) bond motifs is 2. The van der Waals surface area contributed by atoms with E-state index in [1.807, 2.05) is 6.07 Å². The number of ether oxygens (including phenoxy) is 1. The molecule has 4 rings (SSSR count). The highest BCUT2D eigenvalue weighted by Crippen LogP contribution is 2.36. The van der Waals surface area contributed by atoms with Gasteiger partial charge in [-0.25, -0.2) is 0 Å². The Morgan fingerprint density at radius 1 is 1.05 bits per heavy atom. The van der Waals surface area contributed by atoms with E-state index in [-0.39, 0.29) is 17.7 Å². The van der Waals surface area contributed by atoms with E-state index in [1.165, 1.54) is 0 Å². The molecule has 0 saturated carbocycles. The first kappa shape index (κ1) is 13.7. The third-order valence-corrected chi connectivity index (χ3v) is 4.61. The van der Waals surface area contributed by atoms with E-state index >= 15 is 0 Å². The second-order valence-corrected chi connectivity index (χ2v) is 6.24. The number of rotatable bonds is 3. The first-order valence-corrected chi connectivity index (χ1v) is 7.82. The first-order chi connectivity index (χ1) is 10.7. The summed E-state index contributed by atoms with van der Waals surface area (Å²) in [6.45, 7) is 1.37. The molecule has 110 valence electrons. The molecule has 2 aromatic carbocycles. The van der Waals surface area contributed by atoms with Crippen molar-refractivity contribution in [3.05, 3.63) is 63.1 Å².